The summed E-state index contributed by atoms with van der Waals surface area (Å²) < 4.78 is 13.5. The number of piperidine rings is 1. The van der Waals surface area contributed by atoms with Gasteiger partial charge in [-0.25, -0.2) is 0 Å². The van der Waals surface area contributed by atoms with Crippen LogP contribution in [0.4, 0.5) is 0 Å². The van der Waals surface area contributed by atoms with E-state index in [2.05, 4.69) is 23.7 Å². The maximum absolute atomic E-state index is 13.6. The van der Waals surface area contributed by atoms with Crippen molar-refractivity contribution < 1.29 is 19.1 Å². The van der Waals surface area contributed by atoms with Crippen molar-refractivity contribution in [3.8, 4) is 0 Å². The number of aromatic nitrogens is 1. The summed E-state index contributed by atoms with van der Waals surface area (Å²) in [7, 11) is 2.17. The zero-order valence-electron chi connectivity index (χ0n) is 22.5. The van der Waals surface area contributed by atoms with E-state index in [1.165, 1.54) is 41.4 Å². The van der Waals surface area contributed by atoms with Crippen molar-refractivity contribution in [2.24, 2.45) is 24.8 Å². The third-order valence-electron chi connectivity index (χ3n) is 8.52. The Morgan fingerprint density at radius 1 is 1.08 bits per heavy atom. The molecule has 3 heterocycles. The number of ether oxygens (including phenoxy) is 2. The molecule has 1 aromatic carbocycles. The van der Waals surface area contributed by atoms with E-state index in [0.29, 0.717) is 18.9 Å². The van der Waals surface area contributed by atoms with E-state index >= 15 is 0 Å². The maximum Gasteiger partial charge on any atom is 0.306 e. The van der Waals surface area contributed by atoms with Crippen molar-refractivity contribution in [2.45, 2.75) is 77.7 Å². The SMILES string of the molecule is Cn1c2c(c3cc(C(=O)N4CCCC(CC(=O)OC(C)(C)C)C4)ccc31)CC(C1CCOCC1)CC2. The number of carbonyl (C=O) groups excluding carboxylic acids is 2. The second-order valence-corrected chi connectivity index (χ2v) is 12.2. The van der Waals surface area contributed by atoms with Crippen LogP contribution >= 0.6 is 0 Å². The summed E-state index contributed by atoms with van der Waals surface area (Å²) in [5.74, 6) is 1.54. The van der Waals surface area contributed by atoms with Gasteiger partial charge >= 0.3 is 5.97 Å². The molecule has 3 aliphatic rings. The van der Waals surface area contributed by atoms with E-state index in [0.717, 1.165) is 56.9 Å². The number of amides is 1. The monoisotopic (exact) mass is 494 g/mol. The lowest BCUT2D eigenvalue weighted by Crippen LogP contribution is -2.41. The molecule has 1 amide bonds. The van der Waals surface area contributed by atoms with E-state index < -0.39 is 5.60 Å². The van der Waals surface area contributed by atoms with Crippen LogP contribution in [0.3, 0.4) is 0 Å². The number of carbonyl (C=O) groups is 2. The summed E-state index contributed by atoms with van der Waals surface area (Å²) in [5, 5.41) is 1.25. The van der Waals surface area contributed by atoms with Crippen LogP contribution in [0, 0.1) is 17.8 Å². The predicted octanol–water partition coefficient (Wildman–Crippen LogP) is 5.29. The molecule has 0 radical (unpaired) electrons. The Kier molecular flexibility index (Phi) is 7.17. The van der Waals surface area contributed by atoms with Gasteiger partial charge in [0.2, 0.25) is 0 Å². The number of esters is 1. The quantitative estimate of drug-likeness (QED) is 0.542. The number of aryl methyl sites for hydroxylation is 1. The smallest absolute Gasteiger partial charge is 0.306 e. The van der Waals surface area contributed by atoms with E-state index in [9.17, 15) is 9.59 Å². The largest absolute Gasteiger partial charge is 0.460 e. The fourth-order valence-electron chi connectivity index (χ4n) is 6.75. The van der Waals surface area contributed by atoms with Gasteiger partial charge in [-0.3, -0.25) is 9.59 Å². The van der Waals surface area contributed by atoms with Crippen LogP contribution < -0.4 is 0 Å². The van der Waals surface area contributed by atoms with Gasteiger partial charge in [0.25, 0.3) is 5.91 Å². The molecule has 1 aromatic heterocycles. The molecule has 0 spiro atoms. The van der Waals surface area contributed by atoms with E-state index in [4.69, 9.17) is 9.47 Å². The normalized spacial score (nSPS) is 23.5. The van der Waals surface area contributed by atoms with Crippen LogP contribution in [-0.2, 0) is 34.2 Å². The van der Waals surface area contributed by atoms with Crippen molar-refractivity contribution in [2.75, 3.05) is 26.3 Å². The molecule has 1 aliphatic carbocycles. The van der Waals surface area contributed by atoms with Crippen LogP contribution in [0.5, 0.6) is 0 Å². The molecule has 36 heavy (non-hydrogen) atoms. The topological polar surface area (TPSA) is 60.8 Å². The minimum absolute atomic E-state index is 0.0835. The van der Waals surface area contributed by atoms with Crippen LogP contribution in [0.2, 0.25) is 0 Å². The molecule has 5 rings (SSSR count). The lowest BCUT2D eigenvalue weighted by molar-refractivity contribution is -0.156. The van der Waals surface area contributed by atoms with Gasteiger partial charge in [0.15, 0.2) is 0 Å². The van der Waals surface area contributed by atoms with Gasteiger partial charge in [-0.05, 0) is 107 Å². The van der Waals surface area contributed by atoms with Gasteiger partial charge in [0.05, 0.1) is 6.42 Å². The number of fused-ring (bicyclic) bond motifs is 3. The molecule has 2 fully saturated rings. The van der Waals surface area contributed by atoms with Crippen molar-refractivity contribution in [1.29, 1.82) is 0 Å². The van der Waals surface area contributed by atoms with E-state index in [1.807, 2.05) is 31.7 Å². The molecule has 0 saturated carbocycles. The molecule has 0 bridgehead atoms. The number of rotatable bonds is 4. The molecular weight excluding hydrogens is 452 g/mol. The number of nitrogens with zero attached hydrogens (tertiary/aromatic N) is 2. The lowest BCUT2D eigenvalue weighted by atomic mass is 9.75. The third kappa shape index (κ3) is 5.34. The molecule has 2 atom stereocenters. The highest BCUT2D eigenvalue weighted by Gasteiger charge is 2.32. The van der Waals surface area contributed by atoms with Crippen molar-refractivity contribution in [1.82, 2.24) is 9.47 Å². The average Bonchev–Trinajstić information content (AvgIpc) is 3.14. The molecule has 2 unspecified atom stereocenters. The second kappa shape index (κ2) is 10.2. The molecule has 6 heteroatoms. The summed E-state index contributed by atoms with van der Waals surface area (Å²) in [6.07, 6.45) is 8.08. The summed E-state index contributed by atoms with van der Waals surface area (Å²) in [4.78, 5) is 27.9. The lowest BCUT2D eigenvalue weighted by Gasteiger charge is -2.33. The van der Waals surface area contributed by atoms with Gasteiger partial charge < -0.3 is 18.9 Å². The highest BCUT2D eigenvalue weighted by Crippen LogP contribution is 2.39. The molecule has 6 nitrogen and oxygen atoms in total. The fraction of sp³-hybridized carbons (Fsp3) is 0.667. The van der Waals surface area contributed by atoms with Gasteiger partial charge in [0, 0.05) is 55.5 Å². The Morgan fingerprint density at radius 2 is 1.86 bits per heavy atom. The number of hydrogen-bond acceptors (Lipinski definition) is 4. The Morgan fingerprint density at radius 3 is 2.61 bits per heavy atom. The van der Waals surface area contributed by atoms with Gasteiger partial charge in [-0.2, -0.15) is 0 Å². The summed E-state index contributed by atoms with van der Waals surface area (Å²) in [6, 6.07) is 6.26. The second-order valence-electron chi connectivity index (χ2n) is 12.2. The minimum atomic E-state index is -0.477. The average molecular weight is 495 g/mol. The predicted molar refractivity (Wildman–Crippen MR) is 141 cm³/mol. The first-order chi connectivity index (χ1) is 17.2. The number of likely N-dealkylation sites (tertiary alicyclic amines) is 1. The fourth-order valence-corrected chi connectivity index (χ4v) is 6.75. The van der Waals surface area contributed by atoms with Gasteiger partial charge in [-0.1, -0.05) is 0 Å². The van der Waals surface area contributed by atoms with E-state index in [-0.39, 0.29) is 17.8 Å². The highest BCUT2D eigenvalue weighted by atomic mass is 16.6. The van der Waals surface area contributed by atoms with Crippen molar-refractivity contribution >= 4 is 22.8 Å². The molecule has 196 valence electrons. The first-order valence-electron chi connectivity index (χ1n) is 13.9. The first-order valence-corrected chi connectivity index (χ1v) is 13.9. The Bertz CT molecular complexity index is 1120. The van der Waals surface area contributed by atoms with Crippen LogP contribution in [0.25, 0.3) is 10.9 Å². The summed E-state index contributed by atoms with van der Waals surface area (Å²) in [5.41, 5.74) is 4.40. The zero-order valence-corrected chi connectivity index (χ0v) is 22.5. The van der Waals surface area contributed by atoms with Crippen molar-refractivity contribution in [3.63, 3.8) is 0 Å². The highest BCUT2D eigenvalue weighted by molar-refractivity contribution is 5.99. The first kappa shape index (κ1) is 25.3. The van der Waals surface area contributed by atoms with Crippen LogP contribution in [0.15, 0.2) is 18.2 Å². The number of hydrogen-bond donors (Lipinski definition) is 0. The van der Waals surface area contributed by atoms with Gasteiger partial charge in [0.1, 0.15) is 5.60 Å². The molecular formula is C30H42N2O4. The molecule has 2 aromatic rings. The Balaban J connectivity index is 1.32. The summed E-state index contributed by atoms with van der Waals surface area (Å²) >= 11 is 0. The van der Waals surface area contributed by atoms with Crippen molar-refractivity contribution in [3.05, 3.63) is 35.0 Å². The molecule has 2 aliphatic heterocycles. The third-order valence-corrected chi connectivity index (χ3v) is 8.52. The summed E-state index contributed by atoms with van der Waals surface area (Å²) in [6.45, 7) is 8.85. The van der Waals surface area contributed by atoms with Gasteiger partial charge in [-0.15, -0.1) is 0 Å². The molecule has 0 N–H and O–H groups in total. The maximum atomic E-state index is 13.6. The molecule has 2 saturated heterocycles. The minimum Gasteiger partial charge on any atom is -0.460 e. The van der Waals surface area contributed by atoms with Crippen LogP contribution in [-0.4, -0.2) is 53.2 Å². The van der Waals surface area contributed by atoms with Crippen LogP contribution in [0.1, 0.15) is 80.9 Å². The van der Waals surface area contributed by atoms with E-state index in [1.54, 1.807) is 0 Å². The number of benzene rings is 1. The Labute approximate surface area is 215 Å². The Hall–Kier alpha value is -2.34. The zero-order chi connectivity index (χ0) is 25.4. The standard InChI is InChI=1S/C30H42N2O4/c1-30(2,3)36-28(33)16-20-6-5-13-32(19-20)29(34)23-8-10-27-25(18-23)24-17-22(7-9-26(24)31(27)4)21-11-14-35-15-12-21/h8,10,18,20-22H,5-7,9,11-17,19H2,1-4H3.